The Kier molecular flexibility index (Phi) is 5.16. The van der Waals surface area contributed by atoms with Gasteiger partial charge in [-0.3, -0.25) is 14.9 Å². The Balaban J connectivity index is 1.76. The number of Topliss-reactive ketones (excluding diaryl/α,β-unsaturated/α-hetero) is 1. The number of alkyl halides is 3. The Hall–Kier alpha value is -2.90. The normalized spacial score (nSPS) is 15.6. The number of rotatable bonds is 4. The molecule has 0 saturated carbocycles. The van der Waals surface area contributed by atoms with Crippen LogP contribution in [0.5, 0.6) is 0 Å². The predicted octanol–water partition coefficient (Wildman–Crippen LogP) is 4.71. The summed E-state index contributed by atoms with van der Waals surface area (Å²) >= 11 is 0. The molecular weight excluding hydrogens is 361 g/mol. The fourth-order valence-electron chi connectivity index (χ4n) is 3.33. The molecule has 5 nitrogen and oxygen atoms in total. The van der Waals surface area contributed by atoms with Gasteiger partial charge in [-0.05, 0) is 25.0 Å². The molecule has 1 fully saturated rings. The van der Waals surface area contributed by atoms with E-state index in [9.17, 15) is 28.1 Å². The quantitative estimate of drug-likeness (QED) is 0.439. The van der Waals surface area contributed by atoms with Gasteiger partial charge >= 0.3 is 6.18 Å². The van der Waals surface area contributed by atoms with E-state index in [1.807, 2.05) is 6.07 Å². The summed E-state index contributed by atoms with van der Waals surface area (Å²) < 4.78 is 38.5. The second kappa shape index (κ2) is 7.38. The summed E-state index contributed by atoms with van der Waals surface area (Å²) in [7, 11) is 0. The second-order valence-electron chi connectivity index (χ2n) is 6.45. The van der Waals surface area contributed by atoms with Crippen molar-refractivity contribution in [3.63, 3.8) is 0 Å². The van der Waals surface area contributed by atoms with E-state index in [-0.39, 0.29) is 17.4 Å². The number of nitro groups is 1. The maximum Gasteiger partial charge on any atom is 0.416 e. The van der Waals surface area contributed by atoms with Gasteiger partial charge in [0.25, 0.3) is 5.69 Å². The molecule has 0 bridgehead atoms. The average molecular weight is 378 g/mol. The van der Waals surface area contributed by atoms with E-state index in [0.717, 1.165) is 12.1 Å². The van der Waals surface area contributed by atoms with Gasteiger partial charge in [0.15, 0.2) is 5.78 Å². The molecule has 0 N–H and O–H groups in total. The van der Waals surface area contributed by atoms with Crippen LogP contribution in [0.15, 0.2) is 48.5 Å². The summed E-state index contributed by atoms with van der Waals surface area (Å²) in [6, 6.07) is 11.4. The molecule has 2 aromatic carbocycles. The minimum atomic E-state index is -4.64. The molecular formula is C19H17F3N2O3. The fraction of sp³-hybridized carbons (Fsp3) is 0.316. The van der Waals surface area contributed by atoms with E-state index in [4.69, 9.17) is 0 Å². The number of anilines is 1. The van der Waals surface area contributed by atoms with Crippen molar-refractivity contribution >= 4 is 17.2 Å². The third kappa shape index (κ3) is 4.10. The van der Waals surface area contributed by atoms with Gasteiger partial charge < -0.3 is 4.90 Å². The highest BCUT2D eigenvalue weighted by atomic mass is 19.4. The van der Waals surface area contributed by atoms with Crippen molar-refractivity contribution in [2.24, 2.45) is 5.92 Å². The monoisotopic (exact) mass is 378 g/mol. The van der Waals surface area contributed by atoms with Crippen LogP contribution >= 0.6 is 0 Å². The minimum absolute atomic E-state index is 0.0252. The van der Waals surface area contributed by atoms with Crippen molar-refractivity contribution in [1.82, 2.24) is 0 Å². The Bertz CT molecular complexity index is 845. The van der Waals surface area contributed by atoms with E-state index in [0.29, 0.717) is 37.6 Å². The molecule has 0 aromatic heterocycles. The lowest BCUT2D eigenvalue weighted by Gasteiger charge is -2.32. The number of nitro benzene ring substituents is 1. The highest BCUT2D eigenvalue weighted by Gasteiger charge is 2.35. The first-order valence-electron chi connectivity index (χ1n) is 8.47. The van der Waals surface area contributed by atoms with Crippen LogP contribution in [0.4, 0.5) is 24.5 Å². The van der Waals surface area contributed by atoms with Gasteiger partial charge in [0.1, 0.15) is 5.69 Å². The third-order valence-corrected chi connectivity index (χ3v) is 4.76. The molecule has 8 heteroatoms. The van der Waals surface area contributed by atoms with Gasteiger partial charge in [-0.2, -0.15) is 13.2 Å². The zero-order valence-electron chi connectivity index (χ0n) is 14.3. The summed E-state index contributed by atoms with van der Waals surface area (Å²) in [5.41, 5.74) is -0.847. The lowest BCUT2D eigenvalue weighted by atomic mass is 9.88. The van der Waals surface area contributed by atoms with Gasteiger partial charge in [-0.15, -0.1) is 0 Å². The van der Waals surface area contributed by atoms with Gasteiger partial charge in [-0.1, -0.05) is 30.3 Å². The molecule has 0 aliphatic carbocycles. The van der Waals surface area contributed by atoms with Gasteiger partial charge in [0.05, 0.1) is 10.5 Å². The van der Waals surface area contributed by atoms with Crippen molar-refractivity contribution < 1.29 is 22.9 Å². The van der Waals surface area contributed by atoms with Crippen LogP contribution in [0.25, 0.3) is 0 Å². The molecule has 0 atom stereocenters. The summed E-state index contributed by atoms with van der Waals surface area (Å²) in [6.07, 6.45) is -3.66. The summed E-state index contributed by atoms with van der Waals surface area (Å²) in [5.74, 6) is -0.172. The van der Waals surface area contributed by atoms with E-state index in [1.54, 1.807) is 29.2 Å². The summed E-state index contributed by atoms with van der Waals surface area (Å²) in [6.45, 7) is 0.741. The van der Waals surface area contributed by atoms with Crippen molar-refractivity contribution in [3.8, 4) is 0 Å². The number of piperidine rings is 1. The molecule has 27 heavy (non-hydrogen) atoms. The SMILES string of the molecule is O=C(c1ccccc1)C1CCN(c2ccc(C(F)(F)F)cc2[N+](=O)[O-])CC1. The molecule has 0 unspecified atom stereocenters. The molecule has 0 amide bonds. The second-order valence-corrected chi connectivity index (χ2v) is 6.45. The Morgan fingerprint density at radius 1 is 1.07 bits per heavy atom. The molecule has 142 valence electrons. The van der Waals surface area contributed by atoms with Crippen LogP contribution in [0.3, 0.4) is 0 Å². The topological polar surface area (TPSA) is 63.5 Å². The highest BCUT2D eigenvalue weighted by molar-refractivity contribution is 5.98. The number of carbonyl (C=O) groups excluding carboxylic acids is 1. The first-order valence-corrected chi connectivity index (χ1v) is 8.47. The van der Waals surface area contributed by atoms with Crippen LogP contribution < -0.4 is 4.90 Å². The zero-order chi connectivity index (χ0) is 19.6. The molecule has 1 heterocycles. The standard InChI is InChI=1S/C19H17F3N2O3/c20-19(21,22)15-6-7-16(17(12-15)24(26)27)23-10-8-14(9-11-23)18(25)13-4-2-1-3-5-13/h1-7,12,14H,8-11H2. The fourth-order valence-corrected chi connectivity index (χ4v) is 3.33. The number of ketones is 1. The summed E-state index contributed by atoms with van der Waals surface area (Å²) in [4.78, 5) is 24.7. The lowest BCUT2D eigenvalue weighted by molar-refractivity contribution is -0.384. The largest absolute Gasteiger partial charge is 0.416 e. The highest BCUT2D eigenvalue weighted by Crippen LogP contribution is 2.38. The molecule has 1 saturated heterocycles. The van der Waals surface area contributed by atoms with Crippen LogP contribution in [0, 0.1) is 16.0 Å². The minimum Gasteiger partial charge on any atom is -0.366 e. The number of hydrogen-bond donors (Lipinski definition) is 0. The Labute approximate surface area is 153 Å². The van der Waals surface area contributed by atoms with Gasteiger partial charge in [0, 0.05) is 30.6 Å². The zero-order valence-corrected chi connectivity index (χ0v) is 14.3. The van der Waals surface area contributed by atoms with Crippen molar-refractivity contribution in [3.05, 3.63) is 69.8 Å². The smallest absolute Gasteiger partial charge is 0.366 e. The average Bonchev–Trinajstić information content (AvgIpc) is 2.67. The number of hydrogen-bond acceptors (Lipinski definition) is 4. The predicted molar refractivity (Wildman–Crippen MR) is 93.8 cm³/mol. The Morgan fingerprint density at radius 2 is 1.70 bits per heavy atom. The first-order chi connectivity index (χ1) is 12.8. The molecule has 1 aliphatic rings. The van der Waals surface area contributed by atoms with E-state index < -0.39 is 22.4 Å². The third-order valence-electron chi connectivity index (χ3n) is 4.76. The molecule has 0 spiro atoms. The van der Waals surface area contributed by atoms with Crippen molar-refractivity contribution in [2.45, 2.75) is 19.0 Å². The number of nitrogens with zero attached hydrogens (tertiary/aromatic N) is 2. The number of benzene rings is 2. The van der Waals surface area contributed by atoms with E-state index in [1.165, 1.54) is 0 Å². The number of halogens is 3. The maximum absolute atomic E-state index is 12.8. The van der Waals surface area contributed by atoms with Crippen molar-refractivity contribution in [1.29, 1.82) is 0 Å². The van der Waals surface area contributed by atoms with E-state index in [2.05, 4.69) is 0 Å². The molecule has 2 aromatic rings. The van der Waals surface area contributed by atoms with Gasteiger partial charge in [0.2, 0.25) is 0 Å². The Morgan fingerprint density at radius 3 is 2.26 bits per heavy atom. The van der Waals surface area contributed by atoms with Crippen LogP contribution in [0.1, 0.15) is 28.8 Å². The first kappa shape index (κ1) is 18.9. The molecule has 3 rings (SSSR count). The number of carbonyl (C=O) groups is 1. The van der Waals surface area contributed by atoms with Crippen LogP contribution in [-0.4, -0.2) is 23.8 Å². The molecule has 0 radical (unpaired) electrons. The molecule has 1 aliphatic heterocycles. The van der Waals surface area contributed by atoms with Crippen molar-refractivity contribution in [2.75, 3.05) is 18.0 Å². The van der Waals surface area contributed by atoms with Gasteiger partial charge in [-0.25, -0.2) is 0 Å². The van der Waals surface area contributed by atoms with Crippen LogP contribution in [-0.2, 0) is 6.18 Å². The van der Waals surface area contributed by atoms with Crippen LogP contribution in [0.2, 0.25) is 0 Å². The lowest BCUT2D eigenvalue weighted by Crippen LogP contribution is -2.36. The van der Waals surface area contributed by atoms with E-state index >= 15 is 0 Å². The summed E-state index contributed by atoms with van der Waals surface area (Å²) in [5, 5.41) is 11.3. The maximum atomic E-state index is 12.8.